The highest BCUT2D eigenvalue weighted by Gasteiger charge is 2.20. The van der Waals surface area contributed by atoms with Crippen LogP contribution in [-0.2, 0) is 15.6 Å². The standard InChI is InChI=1S/C26H27FO7S/c1-30-22-13-18(10-9-17-11-24(32-3)26(34-5)25(12-17)33-4)19(14-23(22)31-2)16-35(28,29)21-8-6-7-20(27)15-21/h6-15H,16H2,1-5H3/b10-9-. The molecule has 0 aliphatic heterocycles. The van der Waals surface area contributed by atoms with Gasteiger partial charge in [0.15, 0.2) is 32.8 Å². The topological polar surface area (TPSA) is 80.3 Å². The Labute approximate surface area is 204 Å². The Morgan fingerprint density at radius 1 is 0.743 bits per heavy atom. The van der Waals surface area contributed by atoms with E-state index in [1.54, 1.807) is 36.4 Å². The Morgan fingerprint density at radius 2 is 1.34 bits per heavy atom. The smallest absolute Gasteiger partial charge is 0.203 e. The second-order valence-electron chi connectivity index (χ2n) is 7.41. The summed E-state index contributed by atoms with van der Waals surface area (Å²) < 4.78 is 66.7. The highest BCUT2D eigenvalue weighted by molar-refractivity contribution is 7.90. The molecule has 0 saturated heterocycles. The molecule has 0 atom stereocenters. The van der Waals surface area contributed by atoms with Gasteiger partial charge in [-0.2, -0.15) is 0 Å². The summed E-state index contributed by atoms with van der Waals surface area (Å²) in [6, 6.07) is 11.7. The first kappa shape index (κ1) is 25.9. The second-order valence-corrected chi connectivity index (χ2v) is 9.40. The molecule has 0 aliphatic carbocycles. The second kappa shape index (κ2) is 11.1. The van der Waals surface area contributed by atoms with Crippen molar-refractivity contribution in [3.05, 3.63) is 71.0 Å². The molecule has 3 aromatic carbocycles. The van der Waals surface area contributed by atoms with E-state index in [4.69, 9.17) is 23.7 Å². The lowest BCUT2D eigenvalue weighted by molar-refractivity contribution is 0.324. The quantitative estimate of drug-likeness (QED) is 0.361. The van der Waals surface area contributed by atoms with Gasteiger partial charge in [0.2, 0.25) is 5.75 Å². The zero-order chi connectivity index (χ0) is 25.6. The van der Waals surface area contributed by atoms with Gasteiger partial charge >= 0.3 is 0 Å². The molecular formula is C26H27FO7S. The van der Waals surface area contributed by atoms with Crippen LogP contribution >= 0.6 is 0 Å². The van der Waals surface area contributed by atoms with Gasteiger partial charge in [0.25, 0.3) is 0 Å². The maximum atomic E-state index is 13.7. The van der Waals surface area contributed by atoms with Crippen molar-refractivity contribution in [3.63, 3.8) is 0 Å². The fourth-order valence-corrected chi connectivity index (χ4v) is 4.95. The number of methoxy groups -OCH3 is 5. The van der Waals surface area contributed by atoms with Crippen LogP contribution in [0.2, 0.25) is 0 Å². The third-order valence-corrected chi connectivity index (χ3v) is 6.95. The zero-order valence-electron chi connectivity index (χ0n) is 20.1. The van der Waals surface area contributed by atoms with Crippen molar-refractivity contribution in [1.82, 2.24) is 0 Å². The van der Waals surface area contributed by atoms with Crippen molar-refractivity contribution in [2.45, 2.75) is 10.6 Å². The van der Waals surface area contributed by atoms with Gasteiger partial charge in [0.05, 0.1) is 46.2 Å². The average Bonchev–Trinajstić information content (AvgIpc) is 2.86. The van der Waals surface area contributed by atoms with E-state index in [9.17, 15) is 12.8 Å². The van der Waals surface area contributed by atoms with Gasteiger partial charge in [-0.3, -0.25) is 0 Å². The molecule has 0 radical (unpaired) electrons. The third-order valence-electron chi connectivity index (χ3n) is 5.29. The minimum absolute atomic E-state index is 0.105. The monoisotopic (exact) mass is 502 g/mol. The Morgan fingerprint density at radius 3 is 1.89 bits per heavy atom. The molecule has 7 nitrogen and oxygen atoms in total. The van der Waals surface area contributed by atoms with Gasteiger partial charge in [-0.05, 0) is 59.2 Å². The predicted octanol–water partition coefficient (Wildman–Crippen LogP) is 5.01. The van der Waals surface area contributed by atoms with Gasteiger partial charge in [-0.1, -0.05) is 18.2 Å². The van der Waals surface area contributed by atoms with Gasteiger partial charge < -0.3 is 23.7 Å². The maximum absolute atomic E-state index is 13.7. The first-order valence-corrected chi connectivity index (χ1v) is 12.1. The number of rotatable bonds is 10. The summed E-state index contributed by atoms with van der Waals surface area (Å²) in [7, 11) is 3.68. The molecule has 9 heteroatoms. The number of ether oxygens (including phenoxy) is 5. The van der Waals surface area contributed by atoms with E-state index >= 15 is 0 Å². The summed E-state index contributed by atoms with van der Waals surface area (Å²) in [5, 5.41) is 0. The van der Waals surface area contributed by atoms with E-state index in [1.165, 1.54) is 53.7 Å². The van der Waals surface area contributed by atoms with Crippen LogP contribution in [0.25, 0.3) is 12.2 Å². The molecule has 0 aromatic heterocycles. The normalized spacial score (nSPS) is 11.4. The Kier molecular flexibility index (Phi) is 8.24. The lowest BCUT2D eigenvalue weighted by Crippen LogP contribution is -2.07. The van der Waals surface area contributed by atoms with Gasteiger partial charge in [-0.25, -0.2) is 12.8 Å². The number of benzene rings is 3. The lowest BCUT2D eigenvalue weighted by Gasteiger charge is -2.14. The van der Waals surface area contributed by atoms with E-state index in [0.29, 0.717) is 39.9 Å². The summed E-state index contributed by atoms with van der Waals surface area (Å²) in [5.41, 5.74) is 1.76. The lowest BCUT2D eigenvalue weighted by atomic mass is 10.1. The summed E-state index contributed by atoms with van der Waals surface area (Å²) in [6.07, 6.45) is 3.53. The van der Waals surface area contributed by atoms with E-state index in [1.807, 2.05) is 0 Å². The Hall–Kier alpha value is -3.72. The van der Waals surface area contributed by atoms with E-state index < -0.39 is 15.7 Å². The minimum Gasteiger partial charge on any atom is -0.493 e. The molecule has 3 rings (SSSR count). The van der Waals surface area contributed by atoms with Crippen molar-refractivity contribution >= 4 is 22.0 Å². The molecule has 0 spiro atoms. The summed E-state index contributed by atoms with van der Waals surface area (Å²) in [4.78, 5) is -0.105. The average molecular weight is 503 g/mol. The van der Waals surface area contributed by atoms with E-state index in [-0.39, 0.29) is 10.6 Å². The minimum atomic E-state index is -3.84. The van der Waals surface area contributed by atoms with Crippen molar-refractivity contribution in [2.24, 2.45) is 0 Å². The number of sulfone groups is 1. The van der Waals surface area contributed by atoms with Gasteiger partial charge in [0.1, 0.15) is 5.82 Å². The summed E-state index contributed by atoms with van der Waals surface area (Å²) in [6.45, 7) is 0. The number of hydrogen-bond donors (Lipinski definition) is 0. The highest BCUT2D eigenvalue weighted by atomic mass is 32.2. The molecule has 0 aliphatic rings. The first-order valence-electron chi connectivity index (χ1n) is 10.5. The molecule has 0 heterocycles. The molecule has 186 valence electrons. The molecule has 0 amide bonds. The largest absolute Gasteiger partial charge is 0.493 e. The van der Waals surface area contributed by atoms with Crippen molar-refractivity contribution in [2.75, 3.05) is 35.5 Å². The van der Waals surface area contributed by atoms with E-state index in [0.717, 1.165) is 11.6 Å². The molecular weight excluding hydrogens is 475 g/mol. The summed E-state index contributed by atoms with van der Waals surface area (Å²) >= 11 is 0. The maximum Gasteiger partial charge on any atom is 0.203 e. The van der Waals surface area contributed by atoms with Crippen LogP contribution < -0.4 is 23.7 Å². The molecule has 0 unspecified atom stereocenters. The molecule has 0 N–H and O–H groups in total. The predicted molar refractivity (Wildman–Crippen MR) is 132 cm³/mol. The van der Waals surface area contributed by atoms with Crippen molar-refractivity contribution in [1.29, 1.82) is 0 Å². The van der Waals surface area contributed by atoms with E-state index in [2.05, 4.69) is 0 Å². The van der Waals surface area contributed by atoms with Crippen LogP contribution in [0.5, 0.6) is 28.7 Å². The molecule has 35 heavy (non-hydrogen) atoms. The molecule has 3 aromatic rings. The first-order chi connectivity index (χ1) is 16.8. The summed E-state index contributed by atoms with van der Waals surface area (Å²) in [5.74, 6) is 1.23. The fraction of sp³-hybridized carbons (Fsp3) is 0.231. The number of halogens is 1. The van der Waals surface area contributed by atoms with Gasteiger partial charge in [-0.15, -0.1) is 0 Å². The van der Waals surface area contributed by atoms with Crippen LogP contribution in [0.1, 0.15) is 16.7 Å². The Balaban J connectivity index is 2.09. The van der Waals surface area contributed by atoms with Crippen molar-refractivity contribution < 1.29 is 36.5 Å². The van der Waals surface area contributed by atoms with Crippen LogP contribution in [0.4, 0.5) is 4.39 Å². The molecule has 0 saturated carbocycles. The van der Waals surface area contributed by atoms with Crippen LogP contribution in [0.15, 0.2) is 53.4 Å². The van der Waals surface area contributed by atoms with Crippen molar-refractivity contribution in [3.8, 4) is 28.7 Å². The number of hydrogen-bond acceptors (Lipinski definition) is 7. The Bertz CT molecular complexity index is 1310. The molecule has 0 bridgehead atoms. The SMILES string of the molecule is COc1cc(/C=C\c2cc(OC)c(OC)c(OC)c2)c(CS(=O)(=O)c2cccc(F)c2)cc1OC. The fourth-order valence-electron chi connectivity index (χ4n) is 3.55. The molecule has 0 fully saturated rings. The van der Waals surface area contributed by atoms with Gasteiger partial charge in [0, 0.05) is 0 Å². The third kappa shape index (κ3) is 5.86. The van der Waals surface area contributed by atoms with Crippen LogP contribution in [0, 0.1) is 5.82 Å². The highest BCUT2D eigenvalue weighted by Crippen LogP contribution is 2.39. The zero-order valence-corrected chi connectivity index (χ0v) is 20.9. The van der Waals surface area contributed by atoms with Crippen LogP contribution in [-0.4, -0.2) is 44.0 Å². The van der Waals surface area contributed by atoms with Crippen LogP contribution in [0.3, 0.4) is 0 Å².